The fourth-order valence-corrected chi connectivity index (χ4v) is 4.46. The van der Waals surface area contributed by atoms with E-state index in [4.69, 9.17) is 4.42 Å². The van der Waals surface area contributed by atoms with E-state index in [1.54, 1.807) is 25.1 Å². The molecule has 8 nitrogen and oxygen atoms in total. The van der Waals surface area contributed by atoms with Gasteiger partial charge in [0.05, 0.1) is 4.90 Å². The summed E-state index contributed by atoms with van der Waals surface area (Å²) in [6, 6.07) is 12.2. The van der Waals surface area contributed by atoms with Gasteiger partial charge in [-0.2, -0.15) is 0 Å². The first-order valence-electron chi connectivity index (χ1n) is 9.99. The number of nitrogens with one attached hydrogen (secondary N) is 1. The molecule has 0 saturated heterocycles. The van der Waals surface area contributed by atoms with Crippen LogP contribution in [-0.4, -0.2) is 38.0 Å². The van der Waals surface area contributed by atoms with Crippen molar-refractivity contribution in [1.29, 1.82) is 0 Å². The van der Waals surface area contributed by atoms with Gasteiger partial charge in [0.15, 0.2) is 5.78 Å². The fraction of sp³-hybridized carbons (Fsp3) is 0.261. The van der Waals surface area contributed by atoms with E-state index in [1.165, 1.54) is 48.6 Å². The Morgan fingerprint density at radius 1 is 1.06 bits per heavy atom. The second kappa shape index (κ2) is 9.46. The predicted octanol–water partition coefficient (Wildman–Crippen LogP) is 3.34. The van der Waals surface area contributed by atoms with Crippen molar-refractivity contribution in [3.63, 3.8) is 0 Å². The predicted molar refractivity (Wildman–Crippen MR) is 121 cm³/mol. The van der Waals surface area contributed by atoms with Gasteiger partial charge >= 0.3 is 5.63 Å². The highest BCUT2D eigenvalue weighted by atomic mass is 32.2. The van der Waals surface area contributed by atoms with Crippen LogP contribution < -0.4 is 10.9 Å². The Morgan fingerprint density at radius 3 is 2.41 bits per heavy atom. The molecule has 0 aliphatic carbocycles. The second-order valence-electron chi connectivity index (χ2n) is 7.52. The molecule has 168 valence electrons. The maximum absolute atomic E-state index is 12.7. The lowest BCUT2D eigenvalue weighted by atomic mass is 10.1. The molecule has 32 heavy (non-hydrogen) atoms. The van der Waals surface area contributed by atoms with Crippen LogP contribution in [0, 0.1) is 6.92 Å². The van der Waals surface area contributed by atoms with Gasteiger partial charge in [0, 0.05) is 48.8 Å². The third-order valence-electron chi connectivity index (χ3n) is 5.08. The van der Waals surface area contributed by atoms with Crippen LogP contribution in [0.1, 0.15) is 35.7 Å². The average molecular weight is 457 g/mol. The Balaban J connectivity index is 1.57. The molecule has 0 aliphatic rings. The molecular formula is C23H24N2O6S. The zero-order chi connectivity index (χ0) is 23.5. The molecule has 1 aromatic heterocycles. The maximum Gasteiger partial charge on any atom is 0.336 e. The van der Waals surface area contributed by atoms with Crippen LogP contribution in [0.3, 0.4) is 0 Å². The number of Topliss-reactive ketones (excluding diaryl/α,β-unsaturated/α-hetero) is 1. The van der Waals surface area contributed by atoms with Gasteiger partial charge in [0.1, 0.15) is 5.58 Å². The maximum atomic E-state index is 12.7. The SMILES string of the molecule is CC(=O)c1ccc(S(=O)(=O)N(C)CCCC(=O)Nc2ccc3c(C)cc(=O)oc3c2)cc1. The number of hydrogen-bond acceptors (Lipinski definition) is 6. The largest absolute Gasteiger partial charge is 0.423 e. The van der Waals surface area contributed by atoms with E-state index in [9.17, 15) is 22.8 Å². The number of ketones is 1. The minimum absolute atomic E-state index is 0.0856. The Bertz CT molecular complexity index is 1330. The minimum atomic E-state index is -3.72. The molecule has 0 spiro atoms. The number of carbonyl (C=O) groups is 2. The lowest BCUT2D eigenvalue weighted by molar-refractivity contribution is -0.116. The average Bonchev–Trinajstić information content (AvgIpc) is 2.73. The number of rotatable bonds is 8. The normalized spacial score (nSPS) is 11.6. The standard InChI is InChI=1S/C23H24N2O6S/c1-15-13-23(28)31-21-14-18(8-11-20(15)21)24-22(27)5-4-12-25(3)32(29,30)19-9-6-17(7-10-19)16(2)26/h6-11,13-14H,4-5,12H2,1-3H3,(H,24,27). The Kier molecular flexibility index (Phi) is 6.90. The highest BCUT2D eigenvalue weighted by Gasteiger charge is 2.21. The summed E-state index contributed by atoms with van der Waals surface area (Å²) in [7, 11) is -2.28. The summed E-state index contributed by atoms with van der Waals surface area (Å²) in [6.45, 7) is 3.37. The number of carbonyl (C=O) groups excluding carboxylic acids is 2. The molecule has 1 amide bonds. The highest BCUT2D eigenvalue weighted by Crippen LogP contribution is 2.21. The molecule has 3 aromatic rings. The van der Waals surface area contributed by atoms with Gasteiger partial charge in [-0.05, 0) is 50.1 Å². The van der Waals surface area contributed by atoms with Crippen LogP contribution in [0.15, 0.2) is 62.6 Å². The van der Waals surface area contributed by atoms with E-state index in [0.29, 0.717) is 23.3 Å². The number of hydrogen-bond donors (Lipinski definition) is 1. The Hall–Kier alpha value is -3.30. The first kappa shape index (κ1) is 23.4. The molecule has 0 unspecified atom stereocenters. The van der Waals surface area contributed by atoms with E-state index < -0.39 is 15.6 Å². The van der Waals surface area contributed by atoms with Crippen LogP contribution >= 0.6 is 0 Å². The van der Waals surface area contributed by atoms with Gasteiger partial charge < -0.3 is 9.73 Å². The van der Waals surface area contributed by atoms with Crippen molar-refractivity contribution in [1.82, 2.24) is 4.31 Å². The second-order valence-corrected chi connectivity index (χ2v) is 9.56. The zero-order valence-electron chi connectivity index (χ0n) is 18.0. The van der Waals surface area contributed by atoms with E-state index in [1.807, 2.05) is 0 Å². The molecule has 1 heterocycles. The van der Waals surface area contributed by atoms with Crippen molar-refractivity contribution >= 4 is 38.4 Å². The Morgan fingerprint density at radius 2 is 1.75 bits per heavy atom. The zero-order valence-corrected chi connectivity index (χ0v) is 18.9. The van der Waals surface area contributed by atoms with Gasteiger partial charge in [-0.3, -0.25) is 9.59 Å². The van der Waals surface area contributed by atoms with Gasteiger partial charge in [0.25, 0.3) is 0 Å². The first-order valence-corrected chi connectivity index (χ1v) is 11.4. The smallest absolute Gasteiger partial charge is 0.336 e. The lowest BCUT2D eigenvalue weighted by Crippen LogP contribution is -2.28. The van der Waals surface area contributed by atoms with Crippen LogP contribution in [0.25, 0.3) is 11.0 Å². The fourth-order valence-electron chi connectivity index (χ4n) is 3.25. The third-order valence-corrected chi connectivity index (χ3v) is 6.95. The van der Waals surface area contributed by atoms with Gasteiger partial charge in [-0.15, -0.1) is 0 Å². The summed E-state index contributed by atoms with van der Waals surface area (Å²) in [6.07, 6.45) is 0.424. The molecule has 1 N–H and O–H groups in total. The topological polar surface area (TPSA) is 114 Å². The number of fused-ring (bicyclic) bond motifs is 1. The quantitative estimate of drug-likeness (QED) is 0.411. The highest BCUT2D eigenvalue weighted by molar-refractivity contribution is 7.89. The van der Waals surface area contributed by atoms with E-state index in [-0.39, 0.29) is 29.6 Å². The van der Waals surface area contributed by atoms with Crippen LogP contribution in [0.5, 0.6) is 0 Å². The molecule has 9 heteroatoms. The van der Waals surface area contributed by atoms with E-state index >= 15 is 0 Å². The van der Waals surface area contributed by atoms with Gasteiger partial charge in [-0.1, -0.05) is 12.1 Å². The summed E-state index contributed by atoms with van der Waals surface area (Å²) in [5.74, 6) is -0.423. The first-order chi connectivity index (χ1) is 15.1. The number of anilines is 1. The Labute approximate surface area is 185 Å². The lowest BCUT2D eigenvalue weighted by Gasteiger charge is -2.17. The van der Waals surface area contributed by atoms with Crippen molar-refractivity contribution < 1.29 is 22.4 Å². The van der Waals surface area contributed by atoms with Crippen molar-refractivity contribution in [2.24, 2.45) is 0 Å². The molecule has 0 saturated carbocycles. The minimum Gasteiger partial charge on any atom is -0.423 e. The summed E-state index contributed by atoms with van der Waals surface area (Å²) in [5, 5.41) is 3.52. The van der Waals surface area contributed by atoms with Crippen molar-refractivity contribution in [3.05, 3.63) is 70.1 Å². The van der Waals surface area contributed by atoms with E-state index in [2.05, 4.69) is 5.32 Å². The van der Waals surface area contributed by atoms with E-state index in [0.717, 1.165) is 10.9 Å². The van der Waals surface area contributed by atoms with Crippen molar-refractivity contribution in [2.75, 3.05) is 18.9 Å². The number of sulfonamides is 1. The van der Waals surface area contributed by atoms with Crippen molar-refractivity contribution in [3.8, 4) is 0 Å². The molecule has 0 atom stereocenters. The molecule has 0 fully saturated rings. The summed E-state index contributed by atoms with van der Waals surface area (Å²) < 4.78 is 31.7. The number of benzene rings is 2. The third kappa shape index (κ3) is 5.30. The molecular weight excluding hydrogens is 432 g/mol. The van der Waals surface area contributed by atoms with Gasteiger partial charge in [-0.25, -0.2) is 17.5 Å². The van der Waals surface area contributed by atoms with Crippen molar-refractivity contribution in [2.45, 2.75) is 31.6 Å². The molecule has 2 aromatic carbocycles. The number of amides is 1. The molecule has 3 rings (SSSR count). The summed E-state index contributed by atoms with van der Waals surface area (Å²) in [4.78, 5) is 35.3. The summed E-state index contributed by atoms with van der Waals surface area (Å²) in [5.41, 5.74) is 1.64. The number of nitrogens with zero attached hydrogens (tertiary/aromatic N) is 1. The van der Waals surface area contributed by atoms with Gasteiger partial charge in [0.2, 0.25) is 15.9 Å². The summed E-state index contributed by atoms with van der Waals surface area (Å²) >= 11 is 0. The molecule has 0 bridgehead atoms. The molecule has 0 radical (unpaired) electrons. The van der Waals surface area contributed by atoms with Crippen LogP contribution in [-0.2, 0) is 14.8 Å². The number of aryl methyl sites for hydroxylation is 1. The van der Waals surface area contributed by atoms with Crippen LogP contribution in [0.4, 0.5) is 5.69 Å². The van der Waals surface area contributed by atoms with Crippen LogP contribution in [0.2, 0.25) is 0 Å². The monoisotopic (exact) mass is 456 g/mol. The molecule has 0 aliphatic heterocycles.